The third kappa shape index (κ3) is 3.61. The molecule has 0 N–H and O–H groups in total. The Hall–Kier alpha value is -1.45. The Morgan fingerprint density at radius 2 is 2.06 bits per heavy atom. The van der Waals surface area contributed by atoms with Crippen LogP contribution in [-0.2, 0) is 4.74 Å². The predicted molar refractivity (Wildman–Crippen MR) is 56.1 cm³/mol. The molecule has 0 atom stereocenters. The Balaban J connectivity index is 2.59. The monoisotopic (exact) mass is 228 g/mol. The maximum atomic E-state index is 13.1. The highest BCUT2D eigenvalue weighted by Crippen LogP contribution is 2.11. The molecule has 1 aromatic rings. The van der Waals surface area contributed by atoms with Gasteiger partial charge in [-0.1, -0.05) is 13.8 Å². The number of esters is 1. The molecule has 0 unspecified atom stereocenters. The van der Waals surface area contributed by atoms with Crippen molar-refractivity contribution in [2.24, 2.45) is 5.92 Å². The summed E-state index contributed by atoms with van der Waals surface area (Å²) in [4.78, 5) is 11.4. The second-order valence-electron chi connectivity index (χ2n) is 3.94. The van der Waals surface area contributed by atoms with E-state index in [1.54, 1.807) is 0 Å². The molecular formula is C12H14F2O2. The summed E-state index contributed by atoms with van der Waals surface area (Å²) in [6, 6.07) is 2.78. The zero-order valence-corrected chi connectivity index (χ0v) is 9.30. The smallest absolute Gasteiger partial charge is 0.341 e. The highest BCUT2D eigenvalue weighted by molar-refractivity contribution is 5.89. The summed E-state index contributed by atoms with van der Waals surface area (Å²) in [5, 5.41) is 0. The van der Waals surface area contributed by atoms with Crippen molar-refractivity contribution in [3.8, 4) is 0 Å². The first-order valence-corrected chi connectivity index (χ1v) is 5.13. The normalized spacial score (nSPS) is 10.6. The van der Waals surface area contributed by atoms with Gasteiger partial charge in [0.05, 0.1) is 12.2 Å². The number of hydrogen-bond acceptors (Lipinski definition) is 2. The molecule has 0 aliphatic heterocycles. The minimum atomic E-state index is -0.894. The van der Waals surface area contributed by atoms with Gasteiger partial charge in [-0.2, -0.15) is 0 Å². The molecule has 0 saturated heterocycles. The Kier molecular flexibility index (Phi) is 4.40. The molecule has 0 fully saturated rings. The molecule has 1 aromatic carbocycles. The van der Waals surface area contributed by atoms with Crippen LogP contribution in [0.4, 0.5) is 8.78 Å². The highest BCUT2D eigenvalue weighted by atomic mass is 19.1. The lowest BCUT2D eigenvalue weighted by molar-refractivity contribution is 0.0482. The van der Waals surface area contributed by atoms with Crippen LogP contribution in [0.2, 0.25) is 0 Å². The first-order valence-electron chi connectivity index (χ1n) is 5.13. The largest absolute Gasteiger partial charge is 0.462 e. The van der Waals surface area contributed by atoms with Crippen LogP contribution in [0.15, 0.2) is 18.2 Å². The second kappa shape index (κ2) is 5.58. The average molecular weight is 228 g/mol. The van der Waals surface area contributed by atoms with Crippen LogP contribution in [0.3, 0.4) is 0 Å². The van der Waals surface area contributed by atoms with E-state index >= 15 is 0 Å². The van der Waals surface area contributed by atoms with E-state index in [1.807, 2.05) is 13.8 Å². The van der Waals surface area contributed by atoms with E-state index in [4.69, 9.17) is 4.74 Å². The molecule has 0 radical (unpaired) electrons. The fourth-order valence-corrected chi connectivity index (χ4v) is 1.12. The molecular weight excluding hydrogens is 214 g/mol. The second-order valence-corrected chi connectivity index (χ2v) is 3.94. The maximum Gasteiger partial charge on any atom is 0.341 e. The number of benzene rings is 1. The Morgan fingerprint density at radius 1 is 1.38 bits per heavy atom. The molecule has 0 aromatic heterocycles. The van der Waals surface area contributed by atoms with Crippen molar-refractivity contribution < 1.29 is 18.3 Å². The van der Waals surface area contributed by atoms with Crippen LogP contribution in [-0.4, -0.2) is 12.6 Å². The lowest BCUT2D eigenvalue weighted by Crippen LogP contribution is -2.10. The summed E-state index contributed by atoms with van der Waals surface area (Å²) in [7, 11) is 0. The number of ether oxygens (including phenoxy) is 1. The summed E-state index contributed by atoms with van der Waals surface area (Å²) in [6.45, 7) is 4.23. The fourth-order valence-electron chi connectivity index (χ4n) is 1.12. The summed E-state index contributed by atoms with van der Waals surface area (Å²) in [5.74, 6) is -1.95. The molecule has 0 aliphatic carbocycles. The standard InChI is InChI=1S/C12H14F2O2/c1-8(2)5-6-16-12(15)10-4-3-9(13)7-11(10)14/h3-4,7-8H,5-6H2,1-2H3. The third-order valence-electron chi connectivity index (χ3n) is 2.08. The molecule has 0 aliphatic rings. The number of hydrogen-bond donors (Lipinski definition) is 0. The summed E-state index contributed by atoms with van der Waals surface area (Å²) >= 11 is 0. The van der Waals surface area contributed by atoms with Gasteiger partial charge in [0.1, 0.15) is 11.6 Å². The molecule has 0 amide bonds. The van der Waals surface area contributed by atoms with Crippen LogP contribution in [0.1, 0.15) is 30.6 Å². The van der Waals surface area contributed by atoms with Crippen molar-refractivity contribution in [3.63, 3.8) is 0 Å². The topological polar surface area (TPSA) is 26.3 Å². The lowest BCUT2D eigenvalue weighted by Gasteiger charge is -2.07. The Morgan fingerprint density at radius 3 is 2.62 bits per heavy atom. The minimum absolute atomic E-state index is 0.231. The molecule has 0 spiro atoms. The zero-order chi connectivity index (χ0) is 12.1. The van der Waals surface area contributed by atoms with Crippen LogP contribution in [0, 0.1) is 17.6 Å². The number of halogens is 2. The first kappa shape index (κ1) is 12.6. The average Bonchev–Trinajstić information content (AvgIpc) is 2.16. The van der Waals surface area contributed by atoms with Crippen LogP contribution < -0.4 is 0 Å². The van der Waals surface area contributed by atoms with Crippen LogP contribution >= 0.6 is 0 Å². The number of carbonyl (C=O) groups excluding carboxylic acids is 1. The highest BCUT2D eigenvalue weighted by Gasteiger charge is 2.13. The predicted octanol–water partition coefficient (Wildman–Crippen LogP) is 3.17. The van der Waals surface area contributed by atoms with E-state index in [0.29, 0.717) is 18.4 Å². The van der Waals surface area contributed by atoms with Crippen molar-refractivity contribution in [2.45, 2.75) is 20.3 Å². The molecule has 1 rings (SSSR count). The molecule has 0 saturated carbocycles. The number of carbonyl (C=O) groups is 1. The van der Waals surface area contributed by atoms with Crippen molar-refractivity contribution >= 4 is 5.97 Å². The SMILES string of the molecule is CC(C)CCOC(=O)c1ccc(F)cc1F. The van der Waals surface area contributed by atoms with Gasteiger partial charge < -0.3 is 4.74 Å². The fraction of sp³-hybridized carbons (Fsp3) is 0.417. The Labute approximate surface area is 93.2 Å². The zero-order valence-electron chi connectivity index (χ0n) is 9.30. The van der Waals surface area contributed by atoms with Crippen molar-refractivity contribution in [2.75, 3.05) is 6.61 Å². The van der Waals surface area contributed by atoms with Gasteiger partial charge in [-0.3, -0.25) is 0 Å². The van der Waals surface area contributed by atoms with Gasteiger partial charge in [0.2, 0.25) is 0 Å². The van der Waals surface area contributed by atoms with Gasteiger partial charge in [0, 0.05) is 6.07 Å². The quantitative estimate of drug-likeness (QED) is 0.740. The van der Waals surface area contributed by atoms with Gasteiger partial charge in [-0.15, -0.1) is 0 Å². The van der Waals surface area contributed by atoms with E-state index in [-0.39, 0.29) is 12.2 Å². The van der Waals surface area contributed by atoms with E-state index in [0.717, 1.165) is 12.1 Å². The van der Waals surface area contributed by atoms with Crippen LogP contribution in [0.5, 0.6) is 0 Å². The van der Waals surface area contributed by atoms with Gasteiger partial charge in [-0.05, 0) is 24.5 Å². The van der Waals surface area contributed by atoms with Crippen LogP contribution in [0.25, 0.3) is 0 Å². The van der Waals surface area contributed by atoms with Gasteiger partial charge in [-0.25, -0.2) is 13.6 Å². The summed E-state index contributed by atoms with van der Waals surface area (Å²) in [6.07, 6.45) is 0.717. The van der Waals surface area contributed by atoms with E-state index in [2.05, 4.69) is 0 Å². The molecule has 2 nitrogen and oxygen atoms in total. The molecule has 4 heteroatoms. The van der Waals surface area contributed by atoms with E-state index in [1.165, 1.54) is 0 Å². The molecule has 88 valence electrons. The minimum Gasteiger partial charge on any atom is -0.462 e. The first-order chi connectivity index (χ1) is 7.50. The van der Waals surface area contributed by atoms with E-state index in [9.17, 15) is 13.6 Å². The third-order valence-corrected chi connectivity index (χ3v) is 2.08. The van der Waals surface area contributed by atoms with Gasteiger partial charge >= 0.3 is 5.97 Å². The van der Waals surface area contributed by atoms with Gasteiger partial charge in [0.15, 0.2) is 0 Å². The Bertz CT molecular complexity index is 375. The summed E-state index contributed by atoms with van der Waals surface area (Å²) < 4.78 is 30.6. The molecule has 0 heterocycles. The van der Waals surface area contributed by atoms with Crippen molar-refractivity contribution in [3.05, 3.63) is 35.4 Å². The van der Waals surface area contributed by atoms with Crippen molar-refractivity contribution in [1.82, 2.24) is 0 Å². The maximum absolute atomic E-state index is 13.1. The summed E-state index contributed by atoms with van der Waals surface area (Å²) in [5.41, 5.74) is -0.231. The number of rotatable bonds is 4. The molecule has 0 bridgehead atoms. The van der Waals surface area contributed by atoms with E-state index < -0.39 is 17.6 Å². The molecule has 16 heavy (non-hydrogen) atoms. The van der Waals surface area contributed by atoms with Crippen molar-refractivity contribution in [1.29, 1.82) is 0 Å². The van der Waals surface area contributed by atoms with Gasteiger partial charge in [0.25, 0.3) is 0 Å². The lowest BCUT2D eigenvalue weighted by atomic mass is 10.1.